The average molecular weight is 321 g/mol. The highest BCUT2D eigenvalue weighted by Gasteiger charge is 2.17. The molecule has 0 saturated carbocycles. The molecule has 0 N–H and O–H groups in total. The molecule has 1 aromatic carbocycles. The van der Waals surface area contributed by atoms with E-state index in [1.54, 1.807) is 0 Å². The molecule has 0 aliphatic rings. The van der Waals surface area contributed by atoms with E-state index in [9.17, 15) is 10.1 Å². The number of hydrogen-bond acceptors (Lipinski definition) is 5. The third-order valence-corrected chi connectivity index (χ3v) is 2.84. The standard InChI is InChI=1S/C10H4Cl3N3O3/c11-6-3-5(16(17)18)4-7(12)8(6)19-10-9(13)14-1-2-15-10/h1-4H. The number of rotatable bonds is 3. The van der Waals surface area contributed by atoms with Crippen LogP contribution in [0.15, 0.2) is 24.5 Å². The van der Waals surface area contributed by atoms with Crippen molar-refractivity contribution in [2.75, 3.05) is 0 Å². The van der Waals surface area contributed by atoms with E-state index >= 15 is 0 Å². The molecule has 1 aromatic heterocycles. The Bertz CT molecular complexity index is 628. The lowest BCUT2D eigenvalue weighted by Crippen LogP contribution is -1.94. The van der Waals surface area contributed by atoms with Gasteiger partial charge in [0.25, 0.3) is 11.6 Å². The van der Waals surface area contributed by atoms with E-state index in [0.29, 0.717) is 0 Å². The van der Waals surface area contributed by atoms with Gasteiger partial charge in [-0.15, -0.1) is 0 Å². The summed E-state index contributed by atoms with van der Waals surface area (Å²) in [5, 5.41) is 10.6. The average Bonchev–Trinajstić information content (AvgIpc) is 2.35. The molecule has 2 aromatic rings. The van der Waals surface area contributed by atoms with Crippen molar-refractivity contribution in [3.63, 3.8) is 0 Å². The zero-order valence-corrected chi connectivity index (χ0v) is 11.3. The minimum atomic E-state index is -0.614. The van der Waals surface area contributed by atoms with Crippen LogP contribution in [0.4, 0.5) is 5.69 Å². The zero-order chi connectivity index (χ0) is 14.0. The quantitative estimate of drug-likeness (QED) is 0.627. The molecule has 0 aliphatic carbocycles. The maximum atomic E-state index is 10.6. The molecule has 2 rings (SSSR count). The predicted molar refractivity (Wildman–Crippen MR) is 70.2 cm³/mol. The fourth-order valence-corrected chi connectivity index (χ4v) is 1.92. The lowest BCUT2D eigenvalue weighted by Gasteiger charge is -2.08. The van der Waals surface area contributed by atoms with Gasteiger partial charge in [-0.1, -0.05) is 34.8 Å². The number of benzene rings is 1. The van der Waals surface area contributed by atoms with E-state index in [2.05, 4.69) is 9.97 Å². The second kappa shape index (κ2) is 5.56. The summed E-state index contributed by atoms with van der Waals surface area (Å²) in [5.41, 5.74) is -0.243. The lowest BCUT2D eigenvalue weighted by atomic mass is 10.3. The van der Waals surface area contributed by atoms with Crippen molar-refractivity contribution < 1.29 is 9.66 Å². The van der Waals surface area contributed by atoms with Gasteiger partial charge in [0, 0.05) is 24.5 Å². The highest BCUT2D eigenvalue weighted by molar-refractivity contribution is 6.37. The fraction of sp³-hybridized carbons (Fsp3) is 0. The SMILES string of the molecule is O=[N+]([O-])c1cc(Cl)c(Oc2nccnc2Cl)c(Cl)c1. The summed E-state index contributed by atoms with van der Waals surface area (Å²) >= 11 is 17.5. The number of ether oxygens (including phenoxy) is 1. The van der Waals surface area contributed by atoms with Crippen molar-refractivity contribution in [3.05, 3.63) is 49.8 Å². The Morgan fingerprint density at radius 3 is 2.21 bits per heavy atom. The van der Waals surface area contributed by atoms with E-state index < -0.39 is 4.92 Å². The number of nitrogens with zero attached hydrogens (tertiary/aromatic N) is 3. The molecule has 98 valence electrons. The molecule has 0 fully saturated rings. The van der Waals surface area contributed by atoms with Gasteiger partial charge in [0.15, 0.2) is 10.9 Å². The van der Waals surface area contributed by atoms with Gasteiger partial charge in [0.2, 0.25) is 0 Å². The largest absolute Gasteiger partial charge is 0.433 e. The van der Waals surface area contributed by atoms with Gasteiger partial charge in [-0.25, -0.2) is 9.97 Å². The maximum absolute atomic E-state index is 10.6. The van der Waals surface area contributed by atoms with Crippen molar-refractivity contribution in [2.45, 2.75) is 0 Å². The Morgan fingerprint density at radius 2 is 1.68 bits per heavy atom. The molecule has 6 nitrogen and oxygen atoms in total. The first kappa shape index (κ1) is 13.8. The summed E-state index contributed by atoms with van der Waals surface area (Å²) in [7, 11) is 0. The topological polar surface area (TPSA) is 78.2 Å². The van der Waals surface area contributed by atoms with Gasteiger partial charge in [-0.05, 0) is 0 Å². The molecule has 0 unspecified atom stereocenters. The van der Waals surface area contributed by atoms with E-state index in [0.717, 1.165) is 12.1 Å². The van der Waals surface area contributed by atoms with E-state index in [1.165, 1.54) is 12.4 Å². The normalized spacial score (nSPS) is 10.3. The van der Waals surface area contributed by atoms with E-state index in [-0.39, 0.29) is 32.5 Å². The maximum Gasteiger partial charge on any atom is 0.272 e. The Labute approximate surface area is 122 Å². The van der Waals surface area contributed by atoms with Crippen LogP contribution in [0.3, 0.4) is 0 Å². The van der Waals surface area contributed by atoms with Gasteiger partial charge < -0.3 is 4.74 Å². The van der Waals surface area contributed by atoms with Gasteiger partial charge in [-0.2, -0.15) is 0 Å². The molecule has 0 amide bonds. The highest BCUT2D eigenvalue weighted by Crippen LogP contribution is 2.39. The summed E-state index contributed by atoms with van der Waals surface area (Å²) in [5.74, 6) is 0.0261. The smallest absolute Gasteiger partial charge is 0.272 e. The predicted octanol–water partition coefficient (Wildman–Crippen LogP) is 4.14. The van der Waals surface area contributed by atoms with E-state index in [4.69, 9.17) is 39.5 Å². The first-order valence-electron chi connectivity index (χ1n) is 4.77. The molecule has 19 heavy (non-hydrogen) atoms. The molecule has 0 aliphatic heterocycles. The first-order valence-corrected chi connectivity index (χ1v) is 5.90. The van der Waals surface area contributed by atoms with Crippen molar-refractivity contribution in [3.8, 4) is 11.6 Å². The van der Waals surface area contributed by atoms with Crippen LogP contribution in [0.1, 0.15) is 0 Å². The van der Waals surface area contributed by atoms with Gasteiger partial charge in [-0.3, -0.25) is 10.1 Å². The van der Waals surface area contributed by atoms with Crippen LogP contribution in [0.5, 0.6) is 11.6 Å². The third kappa shape index (κ3) is 3.04. The second-order valence-electron chi connectivity index (χ2n) is 3.25. The summed E-state index contributed by atoms with van der Waals surface area (Å²) in [6.45, 7) is 0. The van der Waals surface area contributed by atoms with Crippen LogP contribution in [0.25, 0.3) is 0 Å². The molecule has 1 heterocycles. The monoisotopic (exact) mass is 319 g/mol. The van der Waals surface area contributed by atoms with Crippen molar-refractivity contribution in [1.29, 1.82) is 0 Å². The molecular formula is C10H4Cl3N3O3. The summed E-state index contributed by atoms with van der Waals surface area (Å²) in [6, 6.07) is 2.24. The van der Waals surface area contributed by atoms with Crippen molar-refractivity contribution in [1.82, 2.24) is 9.97 Å². The number of hydrogen-bond donors (Lipinski definition) is 0. The molecule has 0 radical (unpaired) electrons. The number of non-ortho nitro benzene ring substituents is 1. The van der Waals surface area contributed by atoms with Crippen LogP contribution in [0, 0.1) is 10.1 Å². The highest BCUT2D eigenvalue weighted by atomic mass is 35.5. The molecule has 0 bridgehead atoms. The van der Waals surface area contributed by atoms with Gasteiger partial charge in [0.1, 0.15) is 0 Å². The Morgan fingerprint density at radius 1 is 1.11 bits per heavy atom. The Kier molecular flexibility index (Phi) is 4.04. The number of nitro groups is 1. The molecule has 9 heteroatoms. The summed E-state index contributed by atoms with van der Waals surface area (Å²) < 4.78 is 5.31. The first-order chi connectivity index (χ1) is 8.99. The van der Waals surface area contributed by atoms with Crippen LogP contribution < -0.4 is 4.74 Å². The molecule has 0 saturated heterocycles. The zero-order valence-electron chi connectivity index (χ0n) is 9.01. The Hall–Kier alpha value is -1.63. The molecule has 0 atom stereocenters. The molecule has 0 spiro atoms. The third-order valence-electron chi connectivity index (χ3n) is 2.02. The van der Waals surface area contributed by atoms with Gasteiger partial charge >= 0.3 is 0 Å². The summed E-state index contributed by atoms with van der Waals surface area (Å²) in [6.07, 6.45) is 2.75. The number of halogens is 3. The second-order valence-corrected chi connectivity index (χ2v) is 4.42. The van der Waals surface area contributed by atoms with Gasteiger partial charge in [0.05, 0.1) is 15.0 Å². The van der Waals surface area contributed by atoms with Crippen LogP contribution in [-0.4, -0.2) is 14.9 Å². The van der Waals surface area contributed by atoms with Crippen LogP contribution >= 0.6 is 34.8 Å². The summed E-state index contributed by atoms with van der Waals surface area (Å²) in [4.78, 5) is 17.6. The van der Waals surface area contributed by atoms with Crippen LogP contribution in [0.2, 0.25) is 15.2 Å². The fourth-order valence-electron chi connectivity index (χ4n) is 1.22. The number of aromatic nitrogens is 2. The van der Waals surface area contributed by atoms with Crippen molar-refractivity contribution in [2.24, 2.45) is 0 Å². The number of nitro benzene ring substituents is 1. The minimum absolute atomic E-state index is 0.00168. The van der Waals surface area contributed by atoms with E-state index in [1.807, 2.05) is 0 Å². The molecular weight excluding hydrogens is 316 g/mol. The lowest BCUT2D eigenvalue weighted by molar-refractivity contribution is -0.384. The Balaban J connectivity index is 2.42. The van der Waals surface area contributed by atoms with Crippen molar-refractivity contribution >= 4 is 40.5 Å². The minimum Gasteiger partial charge on any atom is -0.433 e. The van der Waals surface area contributed by atoms with Crippen LogP contribution in [-0.2, 0) is 0 Å².